The SMILES string of the molecule is CCCCC(NC(=O)/C=C/c1ccc(OCC)c(OC)c1)C(=O)O. The lowest BCUT2D eigenvalue weighted by Crippen LogP contribution is -2.39. The number of amides is 1. The number of carboxylic acids is 1. The number of carboxylic acid groups (broad SMARTS) is 1. The van der Waals surface area contributed by atoms with Crippen LogP contribution in [0, 0.1) is 0 Å². The van der Waals surface area contributed by atoms with Crippen LogP contribution < -0.4 is 14.8 Å². The van der Waals surface area contributed by atoms with Crippen molar-refractivity contribution >= 4 is 18.0 Å². The molecule has 0 spiro atoms. The largest absolute Gasteiger partial charge is 0.493 e. The number of benzene rings is 1. The Kier molecular flexibility index (Phi) is 8.39. The average molecular weight is 335 g/mol. The van der Waals surface area contributed by atoms with Crippen molar-refractivity contribution in [1.82, 2.24) is 5.32 Å². The Hall–Kier alpha value is -2.50. The normalized spacial score (nSPS) is 12.0. The van der Waals surface area contributed by atoms with E-state index in [4.69, 9.17) is 14.6 Å². The third kappa shape index (κ3) is 6.32. The first-order valence-corrected chi connectivity index (χ1v) is 8.04. The second-order valence-electron chi connectivity index (χ2n) is 5.22. The smallest absolute Gasteiger partial charge is 0.326 e. The summed E-state index contributed by atoms with van der Waals surface area (Å²) in [6.45, 7) is 4.39. The minimum absolute atomic E-state index is 0.419. The van der Waals surface area contributed by atoms with E-state index in [-0.39, 0.29) is 0 Å². The lowest BCUT2D eigenvalue weighted by Gasteiger charge is -2.12. The van der Waals surface area contributed by atoms with Gasteiger partial charge in [0.15, 0.2) is 11.5 Å². The van der Waals surface area contributed by atoms with Crippen LogP contribution in [0.5, 0.6) is 11.5 Å². The zero-order valence-corrected chi connectivity index (χ0v) is 14.4. The van der Waals surface area contributed by atoms with Crippen LogP contribution in [0.3, 0.4) is 0 Å². The zero-order chi connectivity index (χ0) is 17.9. The molecular weight excluding hydrogens is 310 g/mol. The molecule has 0 bridgehead atoms. The second kappa shape index (κ2) is 10.3. The first-order valence-electron chi connectivity index (χ1n) is 8.04. The number of rotatable bonds is 10. The minimum atomic E-state index is -1.02. The highest BCUT2D eigenvalue weighted by molar-refractivity contribution is 5.94. The average Bonchev–Trinajstić information content (AvgIpc) is 2.57. The predicted octanol–water partition coefficient (Wildman–Crippen LogP) is 2.87. The molecule has 0 aromatic heterocycles. The molecular formula is C18H25NO5. The van der Waals surface area contributed by atoms with Gasteiger partial charge in [-0.3, -0.25) is 4.79 Å². The van der Waals surface area contributed by atoms with Crippen LogP contribution in [0.2, 0.25) is 0 Å². The monoisotopic (exact) mass is 335 g/mol. The molecule has 0 fully saturated rings. The van der Waals surface area contributed by atoms with E-state index in [1.807, 2.05) is 13.8 Å². The third-order valence-electron chi connectivity index (χ3n) is 3.38. The van der Waals surface area contributed by atoms with Crippen molar-refractivity contribution in [2.24, 2.45) is 0 Å². The molecule has 0 saturated carbocycles. The highest BCUT2D eigenvalue weighted by Crippen LogP contribution is 2.28. The molecule has 1 aromatic rings. The second-order valence-corrected chi connectivity index (χ2v) is 5.22. The van der Waals surface area contributed by atoms with Crippen molar-refractivity contribution in [3.8, 4) is 11.5 Å². The third-order valence-corrected chi connectivity index (χ3v) is 3.38. The summed E-state index contributed by atoms with van der Waals surface area (Å²) in [6, 6.07) is 4.45. The predicted molar refractivity (Wildman–Crippen MR) is 92.3 cm³/mol. The molecule has 1 rings (SSSR count). The molecule has 1 aromatic carbocycles. The van der Waals surface area contributed by atoms with Gasteiger partial charge in [0.05, 0.1) is 13.7 Å². The summed E-state index contributed by atoms with van der Waals surface area (Å²) in [5.74, 6) is -0.253. The van der Waals surface area contributed by atoms with E-state index < -0.39 is 17.9 Å². The molecule has 0 radical (unpaired) electrons. The Balaban J connectivity index is 2.73. The number of methoxy groups -OCH3 is 1. The van der Waals surface area contributed by atoms with Crippen LogP contribution >= 0.6 is 0 Å². The van der Waals surface area contributed by atoms with Gasteiger partial charge in [-0.05, 0) is 37.1 Å². The summed E-state index contributed by atoms with van der Waals surface area (Å²) in [6.07, 6.45) is 4.96. The van der Waals surface area contributed by atoms with E-state index in [0.29, 0.717) is 24.5 Å². The maximum atomic E-state index is 11.9. The number of carbonyl (C=O) groups is 2. The van der Waals surface area contributed by atoms with Crippen LogP contribution in [0.4, 0.5) is 0 Å². The highest BCUT2D eigenvalue weighted by atomic mass is 16.5. The van der Waals surface area contributed by atoms with Crippen LogP contribution in [0.1, 0.15) is 38.7 Å². The molecule has 0 saturated heterocycles. The number of hydrogen-bond donors (Lipinski definition) is 2. The first kappa shape index (κ1) is 19.5. The van der Waals surface area contributed by atoms with Crippen molar-refractivity contribution in [2.45, 2.75) is 39.2 Å². The Morgan fingerprint density at radius 1 is 1.29 bits per heavy atom. The Bertz CT molecular complexity index is 583. The molecule has 2 N–H and O–H groups in total. The van der Waals surface area contributed by atoms with Gasteiger partial charge in [0.25, 0.3) is 0 Å². The fourth-order valence-corrected chi connectivity index (χ4v) is 2.12. The molecule has 1 amide bonds. The molecule has 0 aliphatic heterocycles. The first-order chi connectivity index (χ1) is 11.5. The molecule has 0 aliphatic rings. The van der Waals surface area contributed by atoms with Crippen molar-refractivity contribution in [2.75, 3.05) is 13.7 Å². The van der Waals surface area contributed by atoms with E-state index in [1.54, 1.807) is 31.4 Å². The van der Waals surface area contributed by atoms with Crippen LogP contribution in [-0.4, -0.2) is 36.7 Å². The van der Waals surface area contributed by atoms with E-state index >= 15 is 0 Å². The van der Waals surface area contributed by atoms with Crippen molar-refractivity contribution in [3.63, 3.8) is 0 Å². The summed E-state index contributed by atoms with van der Waals surface area (Å²) >= 11 is 0. The van der Waals surface area contributed by atoms with Gasteiger partial charge in [-0.15, -0.1) is 0 Å². The van der Waals surface area contributed by atoms with Gasteiger partial charge in [-0.25, -0.2) is 4.79 Å². The van der Waals surface area contributed by atoms with E-state index in [0.717, 1.165) is 18.4 Å². The standard InChI is InChI=1S/C18H25NO5/c1-4-6-7-14(18(21)22)19-17(20)11-9-13-8-10-15(24-5-2)16(12-13)23-3/h8-12,14H,4-7H2,1-3H3,(H,19,20)(H,21,22)/b11-9+. The Morgan fingerprint density at radius 2 is 2.04 bits per heavy atom. The molecule has 1 unspecified atom stereocenters. The summed E-state index contributed by atoms with van der Waals surface area (Å²) in [5.41, 5.74) is 0.755. The number of hydrogen-bond acceptors (Lipinski definition) is 4. The maximum Gasteiger partial charge on any atom is 0.326 e. The van der Waals surface area contributed by atoms with Crippen molar-refractivity contribution in [1.29, 1.82) is 0 Å². The molecule has 0 aliphatic carbocycles. The summed E-state index contributed by atoms with van der Waals surface area (Å²) < 4.78 is 10.7. The number of nitrogens with one attached hydrogen (secondary N) is 1. The molecule has 6 heteroatoms. The van der Waals surface area contributed by atoms with Gasteiger partial charge in [-0.2, -0.15) is 0 Å². The highest BCUT2D eigenvalue weighted by Gasteiger charge is 2.17. The van der Waals surface area contributed by atoms with Crippen LogP contribution in [0.25, 0.3) is 6.08 Å². The lowest BCUT2D eigenvalue weighted by molar-refractivity contribution is -0.141. The zero-order valence-electron chi connectivity index (χ0n) is 14.4. The maximum absolute atomic E-state index is 11.9. The van der Waals surface area contributed by atoms with Gasteiger partial charge < -0.3 is 19.9 Å². The quantitative estimate of drug-likeness (QED) is 0.642. The summed E-state index contributed by atoms with van der Waals surface area (Å²) in [7, 11) is 1.54. The van der Waals surface area contributed by atoms with Gasteiger partial charge in [-0.1, -0.05) is 25.8 Å². The van der Waals surface area contributed by atoms with Crippen molar-refractivity contribution < 1.29 is 24.2 Å². The molecule has 1 atom stereocenters. The molecule has 0 heterocycles. The Labute approximate surface area is 142 Å². The van der Waals surface area contributed by atoms with Gasteiger partial charge in [0, 0.05) is 6.08 Å². The number of carbonyl (C=O) groups excluding carboxylic acids is 1. The van der Waals surface area contributed by atoms with Gasteiger partial charge >= 0.3 is 5.97 Å². The van der Waals surface area contributed by atoms with Crippen molar-refractivity contribution in [3.05, 3.63) is 29.8 Å². The van der Waals surface area contributed by atoms with Crippen LogP contribution in [-0.2, 0) is 9.59 Å². The topological polar surface area (TPSA) is 84.9 Å². The number of aliphatic carboxylic acids is 1. The lowest BCUT2D eigenvalue weighted by atomic mass is 10.1. The van der Waals surface area contributed by atoms with E-state index in [1.165, 1.54) is 6.08 Å². The minimum Gasteiger partial charge on any atom is -0.493 e. The van der Waals surface area contributed by atoms with E-state index in [9.17, 15) is 9.59 Å². The van der Waals surface area contributed by atoms with Crippen LogP contribution in [0.15, 0.2) is 24.3 Å². The van der Waals surface area contributed by atoms with Gasteiger partial charge in [0.2, 0.25) is 5.91 Å². The number of unbranched alkanes of at least 4 members (excludes halogenated alkanes) is 1. The number of ether oxygens (including phenoxy) is 2. The molecule has 6 nitrogen and oxygen atoms in total. The molecule has 132 valence electrons. The fraction of sp³-hybridized carbons (Fsp3) is 0.444. The van der Waals surface area contributed by atoms with Gasteiger partial charge in [0.1, 0.15) is 6.04 Å². The molecule has 24 heavy (non-hydrogen) atoms. The summed E-state index contributed by atoms with van der Waals surface area (Å²) in [5, 5.41) is 11.6. The fourth-order valence-electron chi connectivity index (χ4n) is 2.12. The summed E-state index contributed by atoms with van der Waals surface area (Å²) in [4.78, 5) is 23.0. The van der Waals surface area contributed by atoms with E-state index in [2.05, 4.69) is 5.32 Å². The Morgan fingerprint density at radius 3 is 2.62 bits per heavy atom.